The Morgan fingerprint density at radius 2 is 1.63 bits per heavy atom. The van der Waals surface area contributed by atoms with Crippen LogP contribution in [0.25, 0.3) is 0 Å². The molecule has 0 spiro atoms. The van der Waals surface area contributed by atoms with Gasteiger partial charge in [0.25, 0.3) is 0 Å². The van der Waals surface area contributed by atoms with Crippen LogP contribution in [0.2, 0.25) is 0 Å². The molecule has 0 saturated heterocycles. The molecule has 0 radical (unpaired) electrons. The predicted octanol–water partition coefficient (Wildman–Crippen LogP) is 1.85. The van der Waals surface area contributed by atoms with Gasteiger partial charge in [0.15, 0.2) is 0 Å². The molecular formula is C21H20AsN3O5. The van der Waals surface area contributed by atoms with E-state index in [1.165, 1.54) is 43.3 Å². The number of carbonyl (C=O) groups excluding carboxylic acids is 2. The molecule has 0 fully saturated rings. The van der Waals surface area contributed by atoms with Gasteiger partial charge in [-0.2, -0.15) is 0 Å². The van der Waals surface area contributed by atoms with Crippen LogP contribution in [0.3, 0.4) is 0 Å². The number of para-hydroxylation sites is 2. The van der Waals surface area contributed by atoms with Crippen LogP contribution in [-0.4, -0.2) is 35.1 Å². The number of nitrogens with zero attached hydrogens (tertiary/aromatic N) is 1. The number of anilines is 3. The fraction of sp³-hybridized carbons (Fsp3) is 0.0476. The summed E-state index contributed by atoms with van der Waals surface area (Å²) in [4.78, 5) is 24.5. The molecule has 3 rings (SSSR count). The number of amides is 2. The number of carbonyl (C=O) groups is 2. The third-order valence-corrected chi connectivity index (χ3v) is 8.34. The Morgan fingerprint density at radius 3 is 2.23 bits per heavy atom. The summed E-state index contributed by atoms with van der Waals surface area (Å²) < 4.78 is 25.2. The van der Waals surface area contributed by atoms with Crippen LogP contribution in [0.5, 0.6) is 5.75 Å². The number of hydrogen-bond acceptors (Lipinski definition) is 5. The summed E-state index contributed by atoms with van der Waals surface area (Å²) in [5.41, 5.74) is 6.63. The van der Waals surface area contributed by atoms with E-state index < -0.39 is 25.7 Å². The van der Waals surface area contributed by atoms with E-state index in [9.17, 15) is 22.5 Å². The Bertz CT molecular complexity index is 1150. The van der Waals surface area contributed by atoms with Crippen LogP contribution in [0, 0.1) is 0 Å². The van der Waals surface area contributed by atoms with Gasteiger partial charge in [0, 0.05) is 0 Å². The Labute approximate surface area is 175 Å². The number of hydrogen-bond donors (Lipinski definition) is 4. The van der Waals surface area contributed by atoms with Crippen LogP contribution >= 0.6 is 0 Å². The summed E-state index contributed by atoms with van der Waals surface area (Å²) in [6.07, 6.45) is 0. The minimum atomic E-state index is -5.48. The van der Waals surface area contributed by atoms with Crippen LogP contribution in [-0.2, 0) is 8.53 Å². The van der Waals surface area contributed by atoms with Crippen LogP contribution in [0.4, 0.5) is 17.1 Å². The maximum absolute atomic E-state index is 13.7. The summed E-state index contributed by atoms with van der Waals surface area (Å²) in [5.74, 6) is -1.62. The van der Waals surface area contributed by atoms with E-state index in [2.05, 4.69) is 5.32 Å². The molecule has 0 aromatic heterocycles. The Balaban J connectivity index is 2.15. The van der Waals surface area contributed by atoms with Crippen molar-refractivity contribution in [3.8, 4) is 5.75 Å². The minimum absolute atomic E-state index is 0.0571. The van der Waals surface area contributed by atoms with Crippen LogP contribution in [0.1, 0.15) is 17.3 Å². The number of nitrogens with one attached hydrogen (secondary N) is 1. The van der Waals surface area contributed by atoms with Crippen molar-refractivity contribution in [2.24, 2.45) is 0 Å². The normalized spacial score (nSPS) is 12.6. The van der Waals surface area contributed by atoms with Gasteiger partial charge in [-0.1, -0.05) is 0 Å². The Kier molecular flexibility index (Phi) is 6.01. The van der Waals surface area contributed by atoms with Crippen molar-refractivity contribution in [1.29, 1.82) is 0 Å². The fourth-order valence-electron chi connectivity index (χ4n) is 2.92. The molecule has 154 valence electrons. The van der Waals surface area contributed by atoms with Crippen molar-refractivity contribution >= 4 is 47.3 Å². The van der Waals surface area contributed by atoms with E-state index in [-0.39, 0.29) is 32.9 Å². The maximum atomic E-state index is 13.7. The average Bonchev–Trinajstić information content (AvgIpc) is 2.69. The Morgan fingerprint density at radius 1 is 1.00 bits per heavy atom. The van der Waals surface area contributed by atoms with Gasteiger partial charge in [-0.15, -0.1) is 0 Å². The molecule has 9 heteroatoms. The van der Waals surface area contributed by atoms with E-state index in [4.69, 9.17) is 5.73 Å². The predicted molar refractivity (Wildman–Crippen MR) is 115 cm³/mol. The molecule has 3 aromatic rings. The van der Waals surface area contributed by atoms with E-state index in [0.717, 1.165) is 9.88 Å². The Hall–Kier alpha value is -3.48. The average molecular weight is 469 g/mol. The molecule has 0 aliphatic rings. The van der Waals surface area contributed by atoms with Crippen molar-refractivity contribution in [3.63, 3.8) is 0 Å². The van der Waals surface area contributed by atoms with Crippen LogP contribution in [0.15, 0.2) is 72.8 Å². The summed E-state index contributed by atoms with van der Waals surface area (Å²) in [6.45, 7) is 1.30. The zero-order valence-electron chi connectivity index (χ0n) is 16.0. The SMILES string of the molecule is CC(=O)Nc1ccc([As](=O)(O)N(C(=O)c2ccccc2)c2ccccc2N)c(O)c1. The van der Waals surface area contributed by atoms with Gasteiger partial charge in [-0.25, -0.2) is 0 Å². The van der Waals surface area contributed by atoms with Crippen LogP contribution < -0.4 is 19.2 Å². The molecule has 0 saturated carbocycles. The van der Waals surface area contributed by atoms with Gasteiger partial charge < -0.3 is 0 Å². The number of benzene rings is 3. The number of nitrogens with two attached hydrogens (primary N) is 1. The van der Waals surface area contributed by atoms with E-state index in [1.807, 2.05) is 0 Å². The van der Waals surface area contributed by atoms with Crippen molar-refractivity contribution < 1.29 is 22.5 Å². The second kappa shape index (κ2) is 8.49. The number of aromatic hydroxyl groups is 1. The van der Waals surface area contributed by atoms with Crippen molar-refractivity contribution in [2.45, 2.75) is 6.92 Å². The summed E-state index contributed by atoms with van der Waals surface area (Å²) in [5, 5.41) is 12.9. The third-order valence-electron chi connectivity index (χ3n) is 4.26. The topological polar surface area (TPSA) is 133 Å². The van der Waals surface area contributed by atoms with Gasteiger partial charge in [0.1, 0.15) is 0 Å². The molecule has 1 unspecified atom stereocenters. The standard InChI is InChI=1S/C21H20AsN3O5/c1-14(26)24-16-11-12-17(20(27)13-16)22(29,30)25(19-10-6-5-9-18(19)23)21(28)15-7-3-2-4-8-15/h2-13,27H,23H2,1H3,(H,24,26)(H,29,30). The molecule has 0 bridgehead atoms. The fourth-order valence-corrected chi connectivity index (χ4v) is 6.45. The van der Waals surface area contributed by atoms with Gasteiger partial charge >= 0.3 is 176 Å². The monoisotopic (exact) mass is 469 g/mol. The van der Waals surface area contributed by atoms with E-state index in [1.54, 1.807) is 30.3 Å². The van der Waals surface area contributed by atoms with Gasteiger partial charge in [0.2, 0.25) is 0 Å². The molecule has 1 atom stereocenters. The second-order valence-corrected chi connectivity index (χ2v) is 10.6. The van der Waals surface area contributed by atoms with E-state index >= 15 is 0 Å². The molecule has 2 amide bonds. The first kappa shape index (κ1) is 21.2. The molecule has 30 heavy (non-hydrogen) atoms. The second-order valence-electron chi connectivity index (χ2n) is 6.47. The summed E-state index contributed by atoms with van der Waals surface area (Å²) in [6, 6.07) is 18.0. The van der Waals surface area contributed by atoms with Gasteiger partial charge in [0.05, 0.1) is 0 Å². The molecule has 3 aromatic carbocycles. The van der Waals surface area contributed by atoms with E-state index in [0.29, 0.717) is 0 Å². The third kappa shape index (κ3) is 4.25. The first-order valence-corrected chi connectivity index (χ1v) is 12.3. The number of nitrogen functional groups attached to an aromatic ring is 1. The molecule has 8 nitrogen and oxygen atoms in total. The number of phenols is 1. The molecular weight excluding hydrogens is 449 g/mol. The molecule has 0 heterocycles. The number of phenolic OH excluding ortho intramolecular Hbond substituents is 1. The van der Waals surface area contributed by atoms with Gasteiger partial charge in [-0.05, 0) is 0 Å². The van der Waals surface area contributed by atoms with Gasteiger partial charge in [-0.3, -0.25) is 0 Å². The first-order valence-electron chi connectivity index (χ1n) is 8.90. The van der Waals surface area contributed by atoms with Crippen molar-refractivity contribution in [3.05, 3.63) is 78.4 Å². The molecule has 5 N–H and O–H groups in total. The summed E-state index contributed by atoms with van der Waals surface area (Å²) in [7, 11) is 0. The molecule has 0 aliphatic carbocycles. The zero-order chi connectivity index (χ0) is 21.9. The molecule has 0 aliphatic heterocycles. The van der Waals surface area contributed by atoms with Crippen molar-refractivity contribution in [1.82, 2.24) is 0 Å². The first-order chi connectivity index (χ1) is 14.2. The summed E-state index contributed by atoms with van der Waals surface area (Å²) >= 11 is -5.48. The van der Waals surface area contributed by atoms with Crippen molar-refractivity contribution in [2.75, 3.05) is 14.9 Å². The number of rotatable bonds is 5. The quantitative estimate of drug-likeness (QED) is 0.333. The zero-order valence-corrected chi connectivity index (χ0v) is 17.9.